The minimum absolute atomic E-state index is 0.0190. The number of benzene rings is 2. The highest BCUT2D eigenvalue weighted by atomic mass is 35.5. The highest BCUT2D eigenvalue weighted by molar-refractivity contribution is 7.92. The van der Waals surface area contributed by atoms with Gasteiger partial charge in [-0.3, -0.25) is 4.31 Å². The lowest BCUT2D eigenvalue weighted by molar-refractivity contribution is 0.577. The van der Waals surface area contributed by atoms with Gasteiger partial charge in [-0.15, -0.1) is 0 Å². The second kappa shape index (κ2) is 7.11. The largest absolute Gasteiger partial charge is 0.266 e. The third-order valence-corrected chi connectivity index (χ3v) is 5.70. The summed E-state index contributed by atoms with van der Waals surface area (Å²) in [5, 5.41) is -0.207. The van der Waals surface area contributed by atoms with Gasteiger partial charge in [-0.1, -0.05) is 43.1 Å². The summed E-state index contributed by atoms with van der Waals surface area (Å²) in [6, 6.07) is 9.09. The van der Waals surface area contributed by atoms with E-state index in [1.165, 1.54) is 10.4 Å². The van der Waals surface area contributed by atoms with Crippen molar-refractivity contribution in [3.8, 4) is 0 Å². The minimum Gasteiger partial charge on any atom is -0.266 e. The van der Waals surface area contributed by atoms with Gasteiger partial charge in [0.2, 0.25) is 0 Å². The molecule has 0 atom stereocenters. The second-order valence-electron chi connectivity index (χ2n) is 6.30. The maximum absolute atomic E-state index is 13.4. The first-order valence-corrected chi connectivity index (χ1v) is 9.49. The molecule has 0 spiro atoms. The van der Waals surface area contributed by atoms with E-state index in [0.29, 0.717) is 12.2 Å². The van der Waals surface area contributed by atoms with Crippen LogP contribution in [0.3, 0.4) is 0 Å². The van der Waals surface area contributed by atoms with E-state index >= 15 is 0 Å². The van der Waals surface area contributed by atoms with Crippen molar-refractivity contribution in [1.29, 1.82) is 0 Å². The Bertz CT molecular complexity index is 850. The van der Waals surface area contributed by atoms with E-state index in [9.17, 15) is 12.8 Å². The van der Waals surface area contributed by atoms with Gasteiger partial charge in [-0.2, -0.15) is 0 Å². The molecule has 0 heterocycles. The average molecular weight is 370 g/mol. The molecule has 0 bridgehead atoms. The molecule has 0 amide bonds. The quantitative estimate of drug-likeness (QED) is 0.748. The van der Waals surface area contributed by atoms with Crippen LogP contribution in [0.2, 0.25) is 5.02 Å². The number of hydrogen-bond acceptors (Lipinski definition) is 2. The number of rotatable bonds is 5. The first-order valence-electron chi connectivity index (χ1n) is 7.68. The van der Waals surface area contributed by atoms with Gasteiger partial charge in [0.1, 0.15) is 5.82 Å². The lowest BCUT2D eigenvalue weighted by Gasteiger charge is -2.28. The summed E-state index contributed by atoms with van der Waals surface area (Å²) in [5.74, 6) is -0.519. The SMILES string of the molecule is Cc1ccc(N(CC(C)C)S(=O)(=O)c2ccc(F)c(Cl)c2)c(C)c1. The van der Waals surface area contributed by atoms with Crippen molar-refractivity contribution in [3.05, 3.63) is 58.4 Å². The van der Waals surface area contributed by atoms with Crippen LogP contribution < -0.4 is 4.31 Å². The van der Waals surface area contributed by atoms with Crippen LogP contribution >= 0.6 is 11.6 Å². The molecule has 2 aromatic carbocycles. The van der Waals surface area contributed by atoms with Gasteiger partial charge < -0.3 is 0 Å². The number of hydrogen-bond donors (Lipinski definition) is 0. The van der Waals surface area contributed by atoms with Gasteiger partial charge in [0.25, 0.3) is 10.0 Å². The summed E-state index contributed by atoms with van der Waals surface area (Å²) in [6.45, 7) is 8.05. The van der Waals surface area contributed by atoms with Gasteiger partial charge in [0.05, 0.1) is 15.6 Å². The Morgan fingerprint density at radius 3 is 2.33 bits per heavy atom. The molecule has 0 unspecified atom stereocenters. The number of halogens is 2. The molecular formula is C18H21ClFNO2S. The molecule has 0 N–H and O–H groups in total. The Hall–Kier alpha value is -1.59. The summed E-state index contributed by atoms with van der Waals surface area (Å²) < 4.78 is 41.0. The molecule has 24 heavy (non-hydrogen) atoms. The van der Waals surface area contributed by atoms with Crippen LogP contribution in [0.4, 0.5) is 10.1 Å². The predicted octanol–water partition coefficient (Wildman–Crippen LogP) is 4.95. The number of nitrogens with zero attached hydrogens (tertiary/aromatic N) is 1. The van der Waals surface area contributed by atoms with Gasteiger partial charge in [-0.25, -0.2) is 12.8 Å². The Morgan fingerprint density at radius 2 is 1.79 bits per heavy atom. The zero-order valence-corrected chi connectivity index (χ0v) is 15.7. The molecule has 0 radical (unpaired) electrons. The lowest BCUT2D eigenvalue weighted by atomic mass is 10.1. The standard InChI is InChI=1S/C18H21ClFNO2S/c1-12(2)11-21(18-8-5-13(3)9-14(18)4)24(22,23)15-6-7-17(20)16(19)10-15/h5-10,12H,11H2,1-4H3. The summed E-state index contributed by atoms with van der Waals surface area (Å²) in [5.41, 5.74) is 2.55. The molecular weight excluding hydrogens is 349 g/mol. The van der Waals surface area contributed by atoms with Crippen LogP contribution in [0.15, 0.2) is 41.3 Å². The van der Waals surface area contributed by atoms with E-state index in [2.05, 4.69) is 0 Å². The third-order valence-electron chi connectivity index (χ3n) is 3.63. The van der Waals surface area contributed by atoms with E-state index < -0.39 is 15.8 Å². The number of sulfonamides is 1. The highest BCUT2D eigenvalue weighted by Gasteiger charge is 2.27. The van der Waals surface area contributed by atoms with Crippen LogP contribution in [-0.4, -0.2) is 15.0 Å². The maximum Gasteiger partial charge on any atom is 0.264 e. The minimum atomic E-state index is -3.84. The van der Waals surface area contributed by atoms with E-state index in [-0.39, 0.29) is 15.8 Å². The molecule has 6 heteroatoms. The molecule has 0 aliphatic carbocycles. The third kappa shape index (κ3) is 3.90. The van der Waals surface area contributed by atoms with E-state index in [0.717, 1.165) is 23.3 Å². The maximum atomic E-state index is 13.4. The fourth-order valence-electron chi connectivity index (χ4n) is 2.51. The molecule has 2 rings (SSSR count). The molecule has 3 nitrogen and oxygen atoms in total. The molecule has 130 valence electrons. The van der Waals surface area contributed by atoms with E-state index in [4.69, 9.17) is 11.6 Å². The molecule has 0 aliphatic heterocycles. The molecule has 2 aromatic rings. The number of anilines is 1. The van der Waals surface area contributed by atoms with Crippen molar-refractivity contribution >= 4 is 27.3 Å². The fraction of sp³-hybridized carbons (Fsp3) is 0.333. The van der Waals surface area contributed by atoms with Crippen molar-refractivity contribution in [3.63, 3.8) is 0 Å². The van der Waals surface area contributed by atoms with Gasteiger partial charge in [0.15, 0.2) is 0 Å². The summed E-state index contributed by atoms with van der Waals surface area (Å²) >= 11 is 5.77. The van der Waals surface area contributed by atoms with Gasteiger partial charge in [0, 0.05) is 6.54 Å². The Balaban J connectivity index is 2.59. The van der Waals surface area contributed by atoms with Crippen LogP contribution in [0.5, 0.6) is 0 Å². The Morgan fingerprint density at radius 1 is 1.12 bits per heavy atom. The predicted molar refractivity (Wildman–Crippen MR) is 96.7 cm³/mol. The van der Waals surface area contributed by atoms with Crippen LogP contribution in [0.1, 0.15) is 25.0 Å². The van der Waals surface area contributed by atoms with Crippen LogP contribution in [-0.2, 0) is 10.0 Å². The Kier molecular flexibility index (Phi) is 5.56. The zero-order valence-electron chi connectivity index (χ0n) is 14.2. The summed E-state index contributed by atoms with van der Waals surface area (Å²) in [7, 11) is -3.84. The van der Waals surface area contributed by atoms with Crippen LogP contribution in [0.25, 0.3) is 0 Å². The van der Waals surface area contributed by atoms with Gasteiger partial charge >= 0.3 is 0 Å². The smallest absolute Gasteiger partial charge is 0.264 e. The number of aryl methyl sites for hydroxylation is 2. The second-order valence-corrected chi connectivity index (χ2v) is 8.57. The first kappa shape index (κ1) is 18.7. The average Bonchev–Trinajstić information content (AvgIpc) is 2.48. The van der Waals surface area contributed by atoms with Crippen molar-refractivity contribution in [2.75, 3.05) is 10.8 Å². The van der Waals surface area contributed by atoms with Crippen molar-refractivity contribution < 1.29 is 12.8 Å². The molecule has 0 fully saturated rings. The molecule has 0 saturated carbocycles. The Labute approximate surface area is 148 Å². The highest BCUT2D eigenvalue weighted by Crippen LogP contribution is 2.30. The fourth-order valence-corrected chi connectivity index (χ4v) is 4.47. The van der Waals surface area contributed by atoms with Gasteiger partial charge in [-0.05, 0) is 49.6 Å². The normalized spacial score (nSPS) is 11.8. The van der Waals surface area contributed by atoms with Crippen LogP contribution in [0, 0.1) is 25.6 Å². The summed E-state index contributed by atoms with van der Waals surface area (Å²) in [4.78, 5) is -0.0190. The topological polar surface area (TPSA) is 37.4 Å². The zero-order chi connectivity index (χ0) is 18.1. The van der Waals surface area contributed by atoms with E-state index in [1.54, 1.807) is 6.07 Å². The van der Waals surface area contributed by atoms with E-state index in [1.807, 2.05) is 39.8 Å². The lowest BCUT2D eigenvalue weighted by Crippen LogP contribution is -2.34. The molecule has 0 aliphatic rings. The summed E-state index contributed by atoms with van der Waals surface area (Å²) in [6.07, 6.45) is 0. The monoisotopic (exact) mass is 369 g/mol. The van der Waals surface area contributed by atoms with Crippen molar-refractivity contribution in [2.24, 2.45) is 5.92 Å². The van der Waals surface area contributed by atoms with Crippen molar-refractivity contribution in [1.82, 2.24) is 0 Å². The molecule has 0 saturated heterocycles. The molecule has 0 aromatic heterocycles. The van der Waals surface area contributed by atoms with Crippen molar-refractivity contribution in [2.45, 2.75) is 32.6 Å². The first-order chi connectivity index (χ1) is 11.1.